The molecule has 6 atom stereocenters. The Bertz CT molecular complexity index is 1260. The van der Waals surface area contributed by atoms with Crippen LogP contribution in [-0.2, 0) is 32.8 Å². The van der Waals surface area contributed by atoms with Crippen molar-refractivity contribution in [2.75, 3.05) is 13.7 Å². The number of hydrogen-bond acceptors (Lipinski definition) is 11. The van der Waals surface area contributed by atoms with E-state index < -0.39 is 67.7 Å². The van der Waals surface area contributed by atoms with Crippen molar-refractivity contribution in [2.24, 2.45) is 5.73 Å². The summed E-state index contributed by atoms with van der Waals surface area (Å²) in [5, 5.41) is 0. The van der Waals surface area contributed by atoms with Crippen LogP contribution in [0.25, 0.3) is 0 Å². The second kappa shape index (κ2) is 11.3. The quantitative estimate of drug-likeness (QED) is 0.253. The highest BCUT2D eigenvalue weighted by molar-refractivity contribution is 7.36. The monoisotopic (exact) mass is 552 g/mol. The normalized spacial score (nSPS) is 25.5. The van der Waals surface area contributed by atoms with Crippen LogP contribution in [0.4, 0.5) is 0 Å². The lowest BCUT2D eigenvalue weighted by molar-refractivity contribution is -0.200. The summed E-state index contributed by atoms with van der Waals surface area (Å²) in [6.45, 7) is 4.59. The molecule has 206 valence electrons. The predicted octanol–water partition coefficient (Wildman–Crippen LogP) is 1.02. The van der Waals surface area contributed by atoms with E-state index in [4.69, 9.17) is 34.0 Å². The number of methoxy groups -OCH3 is 1. The van der Waals surface area contributed by atoms with Crippen LogP contribution in [0.2, 0.25) is 0 Å². The van der Waals surface area contributed by atoms with Gasteiger partial charge in [-0.25, -0.2) is 4.98 Å². The third-order valence-corrected chi connectivity index (χ3v) is 7.14. The fourth-order valence-corrected chi connectivity index (χ4v) is 5.20. The van der Waals surface area contributed by atoms with Crippen molar-refractivity contribution < 1.29 is 42.5 Å². The molecule has 15 heteroatoms. The van der Waals surface area contributed by atoms with Crippen molar-refractivity contribution in [1.82, 2.24) is 14.4 Å². The zero-order chi connectivity index (χ0) is 27.6. The highest BCUT2D eigenvalue weighted by Crippen LogP contribution is 2.44. The maximum absolute atomic E-state index is 13.2. The van der Waals surface area contributed by atoms with Gasteiger partial charge < -0.3 is 34.0 Å². The number of nitrogens with two attached hydrogens (primary N) is 1. The van der Waals surface area contributed by atoms with Crippen molar-refractivity contribution in [1.29, 1.82) is 0 Å². The topological polar surface area (TPSA) is 171 Å². The Morgan fingerprint density at radius 1 is 1.24 bits per heavy atom. The van der Waals surface area contributed by atoms with Crippen LogP contribution in [0, 0.1) is 0 Å². The smallest absolute Gasteiger partial charge is 0.326 e. The maximum atomic E-state index is 13.2. The first kappa shape index (κ1) is 27.9. The molecule has 2 aromatic rings. The molecule has 2 N–H and O–H groups in total. The average Bonchev–Trinajstić information content (AvgIpc) is 3.38. The Balaban J connectivity index is 1.54. The number of rotatable bonds is 10. The molecule has 1 amide bonds. The van der Waals surface area contributed by atoms with Gasteiger partial charge in [-0.1, -0.05) is 23.0 Å². The van der Waals surface area contributed by atoms with E-state index in [0.717, 1.165) is 9.40 Å². The van der Waals surface area contributed by atoms with E-state index >= 15 is 0 Å². The Kier molecular flexibility index (Phi) is 8.31. The second-order valence-electron chi connectivity index (χ2n) is 8.99. The minimum absolute atomic E-state index is 0.264. The fraction of sp³-hybridized carbons (Fsp3) is 0.478. The average molecular weight is 552 g/mol. The standard InChI is InChI=1S/C23H29N4O10P/c1-13(22(30)32-4)27(37-14-8-6-5-7-9-14)38(31)33-12-15-17-18(36-23(2,3)35-17)21(34-15)26-11-10-25-16(19(24)28)20(26)29/h5-11,13,15,17-18,21,38H,12H2,1-4H3,(H2,24,28)/t13-,15+,17+,18+,21+/m0/s1. The molecular formula is C23H29N4O10P. The van der Waals surface area contributed by atoms with Gasteiger partial charge in [0.15, 0.2) is 17.7 Å². The zero-order valence-corrected chi connectivity index (χ0v) is 22.1. The molecule has 0 aliphatic carbocycles. The molecule has 4 rings (SSSR count). The van der Waals surface area contributed by atoms with E-state index in [1.54, 1.807) is 44.2 Å². The van der Waals surface area contributed by atoms with Crippen molar-refractivity contribution in [3.63, 3.8) is 0 Å². The molecule has 0 radical (unpaired) electrons. The van der Waals surface area contributed by atoms with Crippen LogP contribution < -0.4 is 16.1 Å². The molecule has 2 saturated heterocycles. The minimum atomic E-state index is -3.19. The van der Waals surface area contributed by atoms with Crippen LogP contribution >= 0.6 is 8.18 Å². The first-order valence-corrected chi connectivity index (χ1v) is 12.9. The van der Waals surface area contributed by atoms with Crippen molar-refractivity contribution >= 4 is 20.1 Å². The van der Waals surface area contributed by atoms with Gasteiger partial charge in [0.25, 0.3) is 19.6 Å². The number of fused-ring (bicyclic) bond motifs is 1. The number of hydroxylamine groups is 1. The highest BCUT2D eigenvalue weighted by Gasteiger charge is 2.56. The van der Waals surface area contributed by atoms with Crippen LogP contribution in [-0.4, -0.2) is 70.1 Å². The molecule has 1 unspecified atom stereocenters. The third-order valence-electron chi connectivity index (χ3n) is 5.89. The predicted molar refractivity (Wildman–Crippen MR) is 130 cm³/mol. The number of ether oxygens (including phenoxy) is 4. The van der Waals surface area contributed by atoms with Gasteiger partial charge in [0, 0.05) is 12.4 Å². The number of hydrogen-bond donors (Lipinski definition) is 1. The number of amides is 1. The lowest BCUT2D eigenvalue weighted by Gasteiger charge is -2.27. The van der Waals surface area contributed by atoms with Crippen molar-refractivity contribution in [3.05, 3.63) is 58.8 Å². The van der Waals surface area contributed by atoms with Gasteiger partial charge in [-0.3, -0.25) is 23.5 Å². The highest BCUT2D eigenvalue weighted by atomic mass is 31.1. The fourth-order valence-electron chi connectivity index (χ4n) is 4.16. The van der Waals surface area contributed by atoms with Gasteiger partial charge in [0.05, 0.1) is 13.7 Å². The molecule has 3 heterocycles. The Morgan fingerprint density at radius 3 is 2.58 bits per heavy atom. The van der Waals surface area contributed by atoms with E-state index in [1.165, 1.54) is 26.4 Å². The lowest BCUT2D eigenvalue weighted by Crippen LogP contribution is -2.38. The zero-order valence-electron chi connectivity index (χ0n) is 21.1. The van der Waals surface area contributed by atoms with Crippen molar-refractivity contribution in [3.8, 4) is 5.75 Å². The van der Waals surface area contributed by atoms with Gasteiger partial charge in [-0.05, 0) is 32.9 Å². The third kappa shape index (κ3) is 5.80. The first-order valence-electron chi connectivity index (χ1n) is 11.7. The molecular weight excluding hydrogens is 523 g/mol. The number of para-hydroxylation sites is 1. The van der Waals surface area contributed by atoms with Crippen molar-refractivity contribution in [2.45, 2.75) is 57.1 Å². The summed E-state index contributed by atoms with van der Waals surface area (Å²) >= 11 is 0. The summed E-state index contributed by atoms with van der Waals surface area (Å²) in [5.74, 6) is -2.36. The van der Waals surface area contributed by atoms with Gasteiger partial charge in [-0.2, -0.15) is 0 Å². The SMILES string of the molecule is COC(=O)[C@H](C)N(Oc1ccccc1)[PH](=O)OC[C@H]1O[C@@H](n2ccnc(C(N)=O)c2=O)[C@@H]2OC(C)(C)O[C@@H]21. The number of benzene rings is 1. The summed E-state index contributed by atoms with van der Waals surface area (Å²) in [6, 6.07) is 7.39. The lowest BCUT2D eigenvalue weighted by atomic mass is 10.1. The summed E-state index contributed by atoms with van der Waals surface area (Å²) < 4.78 is 42.8. The molecule has 38 heavy (non-hydrogen) atoms. The molecule has 0 spiro atoms. The van der Waals surface area contributed by atoms with E-state index in [-0.39, 0.29) is 6.61 Å². The van der Waals surface area contributed by atoms with Crippen LogP contribution in [0.1, 0.15) is 37.5 Å². The number of aromatic nitrogens is 2. The minimum Gasteiger partial charge on any atom is -0.468 e. The molecule has 1 aromatic heterocycles. The summed E-state index contributed by atoms with van der Waals surface area (Å²) in [5.41, 5.74) is 4.05. The molecule has 0 saturated carbocycles. The summed E-state index contributed by atoms with van der Waals surface area (Å²) in [4.78, 5) is 47.0. The van der Waals surface area contributed by atoms with Crippen LogP contribution in [0.3, 0.4) is 0 Å². The number of primary amides is 1. The van der Waals surface area contributed by atoms with Gasteiger partial charge >= 0.3 is 5.97 Å². The van der Waals surface area contributed by atoms with E-state index in [2.05, 4.69) is 4.98 Å². The molecule has 2 aliphatic heterocycles. The van der Waals surface area contributed by atoms with E-state index in [1.807, 2.05) is 0 Å². The number of carbonyl (C=O) groups is 2. The number of carbonyl (C=O) groups excluding carboxylic acids is 2. The van der Waals surface area contributed by atoms with Gasteiger partial charge in [-0.15, -0.1) is 0 Å². The Labute approximate surface area is 218 Å². The van der Waals surface area contributed by atoms with Crippen LogP contribution in [0.15, 0.2) is 47.5 Å². The molecule has 2 fully saturated rings. The van der Waals surface area contributed by atoms with Crippen LogP contribution in [0.5, 0.6) is 5.75 Å². The second-order valence-corrected chi connectivity index (χ2v) is 10.2. The number of esters is 1. The summed E-state index contributed by atoms with van der Waals surface area (Å²) in [6.07, 6.45) is -0.765. The maximum Gasteiger partial charge on any atom is 0.326 e. The Morgan fingerprint density at radius 2 is 1.92 bits per heavy atom. The molecule has 0 bridgehead atoms. The van der Waals surface area contributed by atoms with E-state index in [0.29, 0.717) is 5.75 Å². The van der Waals surface area contributed by atoms with Gasteiger partial charge in [0.1, 0.15) is 30.1 Å². The molecule has 14 nitrogen and oxygen atoms in total. The van der Waals surface area contributed by atoms with Gasteiger partial charge in [0.2, 0.25) is 0 Å². The first-order chi connectivity index (χ1) is 18.0. The largest absolute Gasteiger partial charge is 0.468 e. The summed E-state index contributed by atoms with van der Waals surface area (Å²) in [7, 11) is -1.98. The van der Waals surface area contributed by atoms with E-state index in [9.17, 15) is 18.9 Å². The molecule has 2 aliphatic rings. The molecule has 1 aromatic carbocycles. The number of nitrogens with zero attached hydrogens (tertiary/aromatic N) is 3. The Hall–Kier alpha value is -3.13.